The van der Waals surface area contributed by atoms with Gasteiger partial charge in [0.2, 0.25) is 0 Å². The van der Waals surface area contributed by atoms with E-state index in [9.17, 15) is 4.39 Å². The quantitative estimate of drug-likeness (QED) is 0.600. The van der Waals surface area contributed by atoms with Crippen LogP contribution in [0.1, 0.15) is 5.56 Å². The Morgan fingerprint density at radius 2 is 2.10 bits per heavy atom. The fraction of sp³-hybridized carbons (Fsp3) is 0.167. The predicted octanol–water partition coefficient (Wildman–Crippen LogP) is 2.60. The molecule has 0 aliphatic heterocycles. The first kappa shape index (κ1) is 9.66. The number of aromatic nitrogens is 1. The molecule has 0 aliphatic carbocycles. The van der Waals surface area contributed by atoms with Crippen molar-refractivity contribution in [1.29, 1.82) is 0 Å². The Morgan fingerprint density at radius 3 is 2.50 bits per heavy atom. The van der Waals surface area contributed by atoms with E-state index in [2.05, 4.69) is 4.98 Å². The van der Waals surface area contributed by atoms with Crippen LogP contribution in [0.3, 0.4) is 0 Å². The van der Waals surface area contributed by atoms with Crippen LogP contribution in [0.4, 0.5) is 4.39 Å². The van der Waals surface area contributed by atoms with Crippen molar-refractivity contribution in [2.45, 2.75) is 6.92 Å². The molecule has 0 radical (unpaired) electrons. The Balaban J connectivity index is 0.000000810. The molecule has 0 atom stereocenters. The Bertz CT molecular complexity index is 207. The minimum atomic E-state index is -0.461. The maximum Gasteiger partial charge on any atom is 0.160 e. The molecule has 0 unspecified atom stereocenters. The molecule has 0 amide bonds. The van der Waals surface area contributed by atoms with E-state index in [1.165, 1.54) is 6.20 Å². The molecule has 0 spiro atoms. The third-order valence-corrected chi connectivity index (χ3v) is 1.49. The summed E-state index contributed by atoms with van der Waals surface area (Å²) in [7, 11) is 0. The van der Waals surface area contributed by atoms with Crippen LogP contribution >= 0.6 is 24.0 Å². The summed E-state index contributed by atoms with van der Waals surface area (Å²) in [5, 5.41) is 0.157. The lowest BCUT2D eigenvalue weighted by atomic mass is 10.3. The standard InChI is InChI=1S/C6H5ClFN.ClH/c1-4-2-9-3-5(8)6(4)7;/h2-3H,1H3;1H. The van der Waals surface area contributed by atoms with Crippen LogP contribution in [-0.4, -0.2) is 4.98 Å². The Hall–Kier alpha value is -0.340. The first-order chi connectivity index (χ1) is 4.22. The van der Waals surface area contributed by atoms with Crippen molar-refractivity contribution in [3.63, 3.8) is 0 Å². The van der Waals surface area contributed by atoms with Gasteiger partial charge in [-0.05, 0) is 12.5 Å². The van der Waals surface area contributed by atoms with Gasteiger partial charge in [0, 0.05) is 6.20 Å². The van der Waals surface area contributed by atoms with Gasteiger partial charge in [-0.25, -0.2) is 4.39 Å². The topological polar surface area (TPSA) is 12.9 Å². The summed E-state index contributed by atoms with van der Waals surface area (Å²) in [6.45, 7) is 1.71. The molecule has 1 nitrogen and oxygen atoms in total. The number of pyridine rings is 1. The molecule has 0 N–H and O–H groups in total. The van der Waals surface area contributed by atoms with Gasteiger partial charge in [0.1, 0.15) is 0 Å². The highest BCUT2D eigenvalue weighted by Crippen LogP contribution is 2.15. The Kier molecular flexibility index (Phi) is 3.61. The summed E-state index contributed by atoms with van der Waals surface area (Å²) < 4.78 is 12.4. The third-order valence-electron chi connectivity index (χ3n) is 1.01. The van der Waals surface area contributed by atoms with Crippen LogP contribution in [0, 0.1) is 12.7 Å². The van der Waals surface area contributed by atoms with E-state index in [0.29, 0.717) is 5.56 Å². The van der Waals surface area contributed by atoms with Crippen molar-refractivity contribution >= 4 is 24.0 Å². The zero-order valence-electron chi connectivity index (χ0n) is 5.27. The lowest BCUT2D eigenvalue weighted by molar-refractivity contribution is 0.620. The zero-order valence-corrected chi connectivity index (χ0v) is 6.84. The van der Waals surface area contributed by atoms with Crippen molar-refractivity contribution in [3.05, 3.63) is 28.8 Å². The van der Waals surface area contributed by atoms with Gasteiger partial charge < -0.3 is 0 Å². The minimum absolute atomic E-state index is 0. The van der Waals surface area contributed by atoms with Gasteiger partial charge in [-0.2, -0.15) is 0 Å². The molecule has 1 aromatic rings. The summed E-state index contributed by atoms with van der Waals surface area (Å²) in [4.78, 5) is 3.59. The predicted molar refractivity (Wildman–Crippen MR) is 41.2 cm³/mol. The summed E-state index contributed by atoms with van der Waals surface area (Å²) in [6.07, 6.45) is 2.61. The van der Waals surface area contributed by atoms with Gasteiger partial charge >= 0.3 is 0 Å². The fourth-order valence-electron chi connectivity index (χ4n) is 0.516. The van der Waals surface area contributed by atoms with E-state index < -0.39 is 5.82 Å². The Morgan fingerprint density at radius 1 is 1.50 bits per heavy atom. The number of rotatable bonds is 0. The fourth-order valence-corrected chi connectivity index (χ4v) is 0.614. The van der Waals surface area contributed by atoms with Crippen LogP contribution in [0.25, 0.3) is 0 Å². The van der Waals surface area contributed by atoms with Crippen molar-refractivity contribution in [1.82, 2.24) is 4.98 Å². The minimum Gasteiger partial charge on any atom is -0.261 e. The second-order valence-electron chi connectivity index (χ2n) is 1.75. The molecule has 4 heteroatoms. The van der Waals surface area contributed by atoms with Gasteiger partial charge in [-0.15, -0.1) is 12.4 Å². The van der Waals surface area contributed by atoms with Gasteiger partial charge in [0.15, 0.2) is 5.82 Å². The maximum absolute atomic E-state index is 12.4. The lowest BCUT2D eigenvalue weighted by Crippen LogP contribution is -1.82. The summed E-state index contributed by atoms with van der Waals surface area (Å²) in [6, 6.07) is 0. The molecule has 0 aliphatic rings. The number of nitrogens with zero attached hydrogens (tertiary/aromatic N) is 1. The van der Waals surface area contributed by atoms with Crippen molar-refractivity contribution in [2.75, 3.05) is 0 Å². The summed E-state index contributed by atoms with van der Waals surface area (Å²) in [5.74, 6) is -0.461. The number of aryl methyl sites for hydroxylation is 1. The molecular weight excluding hydrogens is 176 g/mol. The molecular formula is C6H6Cl2FN. The molecule has 0 saturated heterocycles. The van der Waals surface area contributed by atoms with E-state index in [1.54, 1.807) is 6.92 Å². The van der Waals surface area contributed by atoms with E-state index in [0.717, 1.165) is 6.20 Å². The van der Waals surface area contributed by atoms with Crippen molar-refractivity contribution in [2.24, 2.45) is 0 Å². The lowest BCUT2D eigenvalue weighted by Gasteiger charge is -1.94. The molecule has 1 heterocycles. The van der Waals surface area contributed by atoms with Crippen LogP contribution in [0.2, 0.25) is 5.02 Å². The molecule has 56 valence electrons. The number of hydrogen-bond donors (Lipinski definition) is 0. The Labute approximate surface area is 69.6 Å². The second-order valence-corrected chi connectivity index (χ2v) is 2.13. The second kappa shape index (κ2) is 3.74. The van der Waals surface area contributed by atoms with E-state index in [-0.39, 0.29) is 17.4 Å². The van der Waals surface area contributed by atoms with Gasteiger partial charge in [-0.3, -0.25) is 4.98 Å². The van der Waals surface area contributed by atoms with E-state index >= 15 is 0 Å². The highest BCUT2D eigenvalue weighted by Gasteiger charge is 1.99. The number of hydrogen-bond acceptors (Lipinski definition) is 1. The van der Waals surface area contributed by atoms with Crippen LogP contribution in [0.15, 0.2) is 12.4 Å². The molecule has 1 aromatic heterocycles. The molecule has 0 saturated carbocycles. The molecule has 0 bridgehead atoms. The van der Waals surface area contributed by atoms with Crippen LogP contribution in [-0.2, 0) is 0 Å². The highest BCUT2D eigenvalue weighted by atomic mass is 35.5. The van der Waals surface area contributed by atoms with Crippen molar-refractivity contribution in [3.8, 4) is 0 Å². The van der Waals surface area contributed by atoms with E-state index in [4.69, 9.17) is 11.6 Å². The SMILES string of the molecule is Cc1cncc(F)c1Cl.Cl. The number of halogens is 3. The normalized spacial score (nSPS) is 8.70. The zero-order chi connectivity index (χ0) is 6.85. The van der Waals surface area contributed by atoms with Crippen LogP contribution in [0.5, 0.6) is 0 Å². The largest absolute Gasteiger partial charge is 0.261 e. The molecule has 0 aromatic carbocycles. The summed E-state index contributed by atoms with van der Waals surface area (Å²) >= 11 is 5.46. The maximum atomic E-state index is 12.4. The molecule has 0 fully saturated rings. The van der Waals surface area contributed by atoms with Gasteiger partial charge in [-0.1, -0.05) is 11.6 Å². The first-order valence-corrected chi connectivity index (χ1v) is 2.85. The smallest absolute Gasteiger partial charge is 0.160 e. The third kappa shape index (κ3) is 1.82. The monoisotopic (exact) mass is 181 g/mol. The van der Waals surface area contributed by atoms with E-state index in [1.807, 2.05) is 0 Å². The average molecular weight is 182 g/mol. The average Bonchev–Trinajstić information content (AvgIpc) is 1.83. The van der Waals surface area contributed by atoms with Gasteiger partial charge in [0.25, 0.3) is 0 Å². The molecule has 1 rings (SSSR count). The molecule has 10 heavy (non-hydrogen) atoms. The first-order valence-electron chi connectivity index (χ1n) is 2.47. The summed E-state index contributed by atoms with van der Waals surface area (Å²) in [5.41, 5.74) is 0.664. The van der Waals surface area contributed by atoms with Gasteiger partial charge in [0.05, 0.1) is 11.2 Å². The highest BCUT2D eigenvalue weighted by molar-refractivity contribution is 6.31. The van der Waals surface area contributed by atoms with Crippen molar-refractivity contribution < 1.29 is 4.39 Å². The van der Waals surface area contributed by atoms with Crippen LogP contribution < -0.4 is 0 Å².